The summed E-state index contributed by atoms with van der Waals surface area (Å²) in [6.07, 6.45) is -3.01. The Kier molecular flexibility index (Phi) is 7.96. The number of hydrogen-bond acceptors (Lipinski definition) is 10. The van der Waals surface area contributed by atoms with E-state index < -0.39 is 48.2 Å². The largest absolute Gasteiger partial charge is 0.507 e. The molecule has 3 aromatic rings. The number of carbonyl (C=O) groups excluding carboxylic acids is 1. The van der Waals surface area contributed by atoms with Gasteiger partial charge in [0, 0.05) is 17.4 Å². The Morgan fingerprint density at radius 1 is 1.09 bits per heavy atom. The molecular formula is C35H32O10. The molecule has 1 saturated heterocycles. The minimum Gasteiger partial charge on any atom is -0.507 e. The predicted molar refractivity (Wildman–Crippen MR) is 162 cm³/mol. The van der Waals surface area contributed by atoms with Gasteiger partial charge in [-0.05, 0) is 59.8 Å². The second kappa shape index (κ2) is 11.8. The van der Waals surface area contributed by atoms with Gasteiger partial charge in [-0.25, -0.2) is 4.79 Å². The Balaban J connectivity index is 1.38. The molecule has 3 aliphatic rings. The van der Waals surface area contributed by atoms with E-state index in [9.17, 15) is 25.2 Å². The zero-order valence-corrected chi connectivity index (χ0v) is 24.9. The van der Waals surface area contributed by atoms with Crippen LogP contribution in [0.2, 0.25) is 0 Å². The standard InChI is InChI=1S/C35H32O10/c1-20-15-24(42-3)17-26-25(20)10-11-27(37)31(26)33(39)44-28-16-22-12-14-35(29(38)18-36)30(45-35)5-4-13-34(22,40)32(28)43-19-21-6-8-23(41-2)9-7-21/h6-11,15-17,28-30,32,36-38,40H,13,18-19H2,1-3H3/t28-,29-,30-,32+,34-,35-/m1/s1. The van der Waals surface area contributed by atoms with Crippen LogP contribution < -0.4 is 9.47 Å². The van der Waals surface area contributed by atoms with Crippen molar-refractivity contribution < 1.29 is 48.9 Å². The zero-order valence-electron chi connectivity index (χ0n) is 24.9. The van der Waals surface area contributed by atoms with Crippen LogP contribution in [0.25, 0.3) is 10.8 Å². The summed E-state index contributed by atoms with van der Waals surface area (Å²) in [5, 5.41) is 44.1. The SMILES string of the molecule is COc1ccc(CO[C@H]2[C@H](OC(=O)c3c(O)ccc4c(C)cc(OC)cc34)C=C3C#C[C@]4([C@H](O)CO)O[C@@H]4C#CC[C@@]32O)cc1. The van der Waals surface area contributed by atoms with E-state index in [4.69, 9.17) is 23.7 Å². The van der Waals surface area contributed by atoms with Gasteiger partial charge < -0.3 is 44.1 Å². The van der Waals surface area contributed by atoms with E-state index in [2.05, 4.69) is 23.7 Å². The summed E-state index contributed by atoms with van der Waals surface area (Å²) >= 11 is 0. The van der Waals surface area contributed by atoms with Crippen LogP contribution in [0.3, 0.4) is 0 Å². The van der Waals surface area contributed by atoms with Crippen LogP contribution in [0.1, 0.15) is 27.9 Å². The van der Waals surface area contributed by atoms with Crippen molar-refractivity contribution in [1.29, 1.82) is 0 Å². The van der Waals surface area contributed by atoms with Crippen LogP contribution in [-0.4, -0.2) is 82.8 Å². The molecule has 232 valence electrons. The number of aliphatic hydroxyl groups excluding tert-OH is 2. The van der Waals surface area contributed by atoms with Crippen molar-refractivity contribution in [2.75, 3.05) is 20.8 Å². The molecule has 45 heavy (non-hydrogen) atoms. The van der Waals surface area contributed by atoms with E-state index in [1.807, 2.05) is 25.1 Å². The second-order valence-electron chi connectivity index (χ2n) is 11.2. The van der Waals surface area contributed by atoms with Crippen molar-refractivity contribution >= 4 is 16.7 Å². The van der Waals surface area contributed by atoms with E-state index in [0.29, 0.717) is 16.9 Å². The molecule has 0 radical (unpaired) electrons. The molecule has 0 spiro atoms. The molecule has 10 nitrogen and oxygen atoms in total. The summed E-state index contributed by atoms with van der Waals surface area (Å²) < 4.78 is 28.4. The minimum atomic E-state index is -1.81. The molecule has 0 bridgehead atoms. The van der Waals surface area contributed by atoms with E-state index in [1.165, 1.54) is 19.3 Å². The van der Waals surface area contributed by atoms with Crippen molar-refractivity contribution in [3.8, 4) is 40.9 Å². The van der Waals surface area contributed by atoms with Gasteiger partial charge in [0.05, 0.1) is 27.4 Å². The van der Waals surface area contributed by atoms with Crippen LogP contribution in [-0.2, 0) is 20.8 Å². The third-order valence-corrected chi connectivity index (χ3v) is 8.43. The number of phenolic OH excluding ortho intramolecular Hbond substituents is 1. The molecule has 6 atom stereocenters. The number of aromatic hydroxyl groups is 1. The molecule has 0 aromatic heterocycles. The highest BCUT2D eigenvalue weighted by Crippen LogP contribution is 2.43. The number of hydrogen-bond donors (Lipinski definition) is 4. The van der Waals surface area contributed by atoms with Gasteiger partial charge in [-0.3, -0.25) is 0 Å². The lowest BCUT2D eigenvalue weighted by atomic mass is 9.89. The number of esters is 1. The first-order valence-corrected chi connectivity index (χ1v) is 14.3. The molecule has 0 amide bonds. The topological polar surface area (TPSA) is 147 Å². The number of aliphatic hydroxyl groups is 3. The lowest BCUT2D eigenvalue weighted by Crippen LogP contribution is -2.47. The quantitative estimate of drug-likeness (QED) is 0.162. The van der Waals surface area contributed by atoms with Crippen LogP contribution in [0, 0.1) is 30.6 Å². The maximum absolute atomic E-state index is 13.8. The fourth-order valence-corrected chi connectivity index (χ4v) is 5.80. The Morgan fingerprint density at radius 2 is 1.84 bits per heavy atom. The number of epoxide rings is 1. The van der Waals surface area contributed by atoms with E-state index in [-0.39, 0.29) is 29.9 Å². The monoisotopic (exact) mass is 612 g/mol. The summed E-state index contributed by atoms with van der Waals surface area (Å²) in [6.45, 7) is 1.31. The molecular weight excluding hydrogens is 580 g/mol. The summed E-state index contributed by atoms with van der Waals surface area (Å²) in [4.78, 5) is 13.8. The summed E-state index contributed by atoms with van der Waals surface area (Å²) in [7, 11) is 3.07. The highest BCUT2D eigenvalue weighted by Gasteiger charge is 2.61. The third-order valence-electron chi connectivity index (χ3n) is 8.43. The van der Waals surface area contributed by atoms with E-state index >= 15 is 0 Å². The van der Waals surface area contributed by atoms with Crippen LogP contribution in [0.4, 0.5) is 0 Å². The molecule has 6 rings (SSSR count). The average Bonchev–Trinajstić information content (AvgIpc) is 3.67. The number of methoxy groups -OCH3 is 2. The van der Waals surface area contributed by atoms with Crippen LogP contribution in [0.5, 0.6) is 17.2 Å². The van der Waals surface area contributed by atoms with Gasteiger partial charge in [-0.2, -0.15) is 0 Å². The van der Waals surface area contributed by atoms with Gasteiger partial charge in [-0.15, -0.1) is 0 Å². The maximum atomic E-state index is 13.8. The predicted octanol–water partition coefficient (Wildman–Crippen LogP) is 2.55. The molecule has 1 heterocycles. The molecule has 2 aliphatic carbocycles. The van der Waals surface area contributed by atoms with Crippen molar-refractivity contribution in [3.63, 3.8) is 0 Å². The Morgan fingerprint density at radius 3 is 2.56 bits per heavy atom. The van der Waals surface area contributed by atoms with Crippen LogP contribution in [0.15, 0.2) is 60.2 Å². The molecule has 4 N–H and O–H groups in total. The normalized spacial score (nSPS) is 26.7. The number of aryl methyl sites for hydroxylation is 1. The number of phenols is 1. The first-order chi connectivity index (χ1) is 21.6. The van der Waals surface area contributed by atoms with Crippen LogP contribution >= 0.6 is 0 Å². The van der Waals surface area contributed by atoms with Gasteiger partial charge >= 0.3 is 5.97 Å². The van der Waals surface area contributed by atoms with Gasteiger partial charge in [0.25, 0.3) is 0 Å². The third kappa shape index (κ3) is 5.38. The molecule has 0 saturated carbocycles. The smallest absolute Gasteiger partial charge is 0.343 e. The van der Waals surface area contributed by atoms with Crippen molar-refractivity contribution in [2.24, 2.45) is 0 Å². The Labute approximate surface area is 259 Å². The summed E-state index contributed by atoms with van der Waals surface area (Å²) in [5.74, 6) is 11.5. The number of rotatable bonds is 9. The highest BCUT2D eigenvalue weighted by molar-refractivity contribution is 6.08. The highest BCUT2D eigenvalue weighted by atomic mass is 16.6. The fourth-order valence-electron chi connectivity index (χ4n) is 5.80. The van der Waals surface area contributed by atoms with E-state index in [1.54, 1.807) is 31.4 Å². The first kappa shape index (κ1) is 30.5. The number of benzene rings is 3. The number of fused-ring (bicyclic) bond motifs is 3. The Bertz CT molecular complexity index is 1810. The van der Waals surface area contributed by atoms with Gasteiger partial charge in [-0.1, -0.05) is 41.9 Å². The second-order valence-corrected chi connectivity index (χ2v) is 11.2. The lowest BCUT2D eigenvalue weighted by Gasteiger charge is -2.32. The first-order valence-electron chi connectivity index (χ1n) is 14.3. The zero-order chi connectivity index (χ0) is 31.9. The molecule has 1 aliphatic heterocycles. The number of carbonyl (C=O) groups is 1. The van der Waals surface area contributed by atoms with E-state index in [0.717, 1.165) is 16.5 Å². The number of ether oxygens (including phenoxy) is 5. The minimum absolute atomic E-state index is 0.0435. The lowest BCUT2D eigenvalue weighted by molar-refractivity contribution is -0.119. The van der Waals surface area contributed by atoms with Gasteiger partial charge in [0.2, 0.25) is 0 Å². The molecule has 10 heteroatoms. The molecule has 1 fully saturated rings. The van der Waals surface area contributed by atoms with Crippen molar-refractivity contribution in [1.82, 2.24) is 0 Å². The fraction of sp³-hybridized carbons (Fsp3) is 0.343. The molecule has 3 aromatic carbocycles. The van der Waals surface area contributed by atoms with Crippen molar-refractivity contribution in [3.05, 3.63) is 76.9 Å². The molecule has 0 unspecified atom stereocenters. The van der Waals surface area contributed by atoms with Gasteiger partial charge in [0.1, 0.15) is 40.6 Å². The average molecular weight is 613 g/mol. The van der Waals surface area contributed by atoms with Gasteiger partial charge in [0.15, 0.2) is 17.8 Å². The Hall–Kier alpha value is -4.55. The maximum Gasteiger partial charge on any atom is 0.343 e. The summed E-state index contributed by atoms with van der Waals surface area (Å²) in [5.41, 5.74) is -1.52. The summed E-state index contributed by atoms with van der Waals surface area (Å²) in [6, 6.07) is 13.8. The van der Waals surface area contributed by atoms with Crippen molar-refractivity contribution in [2.45, 2.75) is 55.6 Å².